The van der Waals surface area contributed by atoms with Crippen LogP contribution in [0.1, 0.15) is 31.4 Å². The molecule has 0 radical (unpaired) electrons. The number of nitrogens with zero attached hydrogens (tertiary/aromatic N) is 4. The molecule has 1 amide bonds. The normalized spacial score (nSPS) is 17.2. The summed E-state index contributed by atoms with van der Waals surface area (Å²) >= 11 is 0. The topological polar surface area (TPSA) is 81.6 Å². The number of aliphatic hydroxyl groups is 1. The van der Waals surface area contributed by atoms with Crippen LogP contribution in [0.2, 0.25) is 0 Å². The van der Waals surface area contributed by atoms with Crippen molar-refractivity contribution in [2.75, 3.05) is 42.9 Å². The van der Waals surface area contributed by atoms with Crippen molar-refractivity contribution >= 4 is 18.0 Å². The number of hydrogen-bond acceptors (Lipinski definition) is 6. The molecule has 1 aromatic heterocycles. The Balaban J connectivity index is 0.000000536. The predicted molar refractivity (Wildman–Crippen MR) is 110 cm³/mol. The van der Waals surface area contributed by atoms with Gasteiger partial charge in [-0.1, -0.05) is 31.9 Å². The molecule has 2 fully saturated rings. The summed E-state index contributed by atoms with van der Waals surface area (Å²) in [6.45, 7) is 5.29. The number of carbonyl (C=O) groups excluding carboxylic acids is 1. The Bertz CT molecular complexity index is 777. The van der Waals surface area contributed by atoms with E-state index in [-0.39, 0.29) is 12.4 Å². The van der Waals surface area contributed by atoms with Crippen molar-refractivity contribution in [1.82, 2.24) is 14.9 Å². The zero-order valence-electron chi connectivity index (χ0n) is 16.7. The van der Waals surface area contributed by atoms with E-state index in [1.54, 1.807) is 17.0 Å². The van der Waals surface area contributed by atoms with Crippen LogP contribution >= 0.6 is 0 Å². The monoisotopic (exact) mass is 401 g/mol. The second kappa shape index (κ2) is 10.2. The van der Waals surface area contributed by atoms with Gasteiger partial charge < -0.3 is 20.2 Å². The molecule has 1 saturated heterocycles. The fourth-order valence-corrected chi connectivity index (χ4v) is 2.84. The van der Waals surface area contributed by atoms with Crippen LogP contribution in [0.15, 0.2) is 36.7 Å². The third kappa shape index (κ3) is 6.67. The van der Waals surface area contributed by atoms with Gasteiger partial charge in [-0.05, 0) is 23.6 Å². The highest BCUT2D eigenvalue weighted by molar-refractivity contribution is 5.51. The molecule has 29 heavy (non-hydrogen) atoms. The number of anilines is 2. The van der Waals surface area contributed by atoms with Gasteiger partial charge in [0.1, 0.15) is 23.8 Å². The van der Waals surface area contributed by atoms with Gasteiger partial charge in [0.2, 0.25) is 6.41 Å². The molecule has 2 aromatic rings. The maximum atomic E-state index is 12.9. The first-order valence-corrected chi connectivity index (χ1v) is 9.99. The van der Waals surface area contributed by atoms with Gasteiger partial charge in [-0.3, -0.25) is 4.79 Å². The minimum Gasteiger partial charge on any atom is -0.387 e. The highest BCUT2D eigenvalue weighted by Gasteiger charge is 2.17. The van der Waals surface area contributed by atoms with E-state index in [9.17, 15) is 14.3 Å². The lowest BCUT2D eigenvalue weighted by atomic mass is 10.1. The first-order chi connectivity index (χ1) is 14.0. The molecule has 1 unspecified atom stereocenters. The first kappa shape index (κ1) is 21.0. The fourth-order valence-electron chi connectivity index (χ4n) is 2.84. The largest absolute Gasteiger partial charge is 0.387 e. The minimum absolute atomic E-state index is 0.251. The minimum atomic E-state index is -0.768. The van der Waals surface area contributed by atoms with E-state index >= 15 is 0 Å². The lowest BCUT2D eigenvalue weighted by Gasteiger charge is -2.33. The van der Waals surface area contributed by atoms with Gasteiger partial charge in [-0.25, -0.2) is 14.4 Å². The van der Waals surface area contributed by atoms with Gasteiger partial charge in [0.15, 0.2) is 0 Å². The third-order valence-corrected chi connectivity index (χ3v) is 5.04. The third-order valence-electron chi connectivity index (χ3n) is 5.04. The second-order valence-electron chi connectivity index (χ2n) is 7.52. The summed E-state index contributed by atoms with van der Waals surface area (Å²) in [5.41, 5.74) is 0.633. The van der Waals surface area contributed by atoms with E-state index < -0.39 is 6.10 Å². The van der Waals surface area contributed by atoms with Crippen LogP contribution in [0.3, 0.4) is 0 Å². The van der Waals surface area contributed by atoms with E-state index in [0.717, 1.165) is 18.1 Å². The number of carbonyl (C=O) groups is 1. The highest BCUT2D eigenvalue weighted by atomic mass is 19.1. The predicted octanol–water partition coefficient (Wildman–Crippen LogP) is 2.46. The van der Waals surface area contributed by atoms with Crippen molar-refractivity contribution in [3.05, 3.63) is 48.0 Å². The molecule has 1 aliphatic carbocycles. The molecule has 7 nitrogen and oxygen atoms in total. The Morgan fingerprint density at radius 2 is 1.86 bits per heavy atom. The van der Waals surface area contributed by atoms with E-state index in [2.05, 4.69) is 27.1 Å². The summed E-state index contributed by atoms with van der Waals surface area (Å²) < 4.78 is 12.9. The molecular weight excluding hydrogens is 373 g/mol. The zero-order valence-corrected chi connectivity index (χ0v) is 16.7. The van der Waals surface area contributed by atoms with Crippen LogP contribution in [-0.4, -0.2) is 59.1 Å². The van der Waals surface area contributed by atoms with Crippen LogP contribution in [0.4, 0.5) is 16.0 Å². The number of aliphatic hydroxyl groups excluding tert-OH is 1. The number of benzene rings is 1. The molecule has 1 saturated carbocycles. The number of halogens is 1. The van der Waals surface area contributed by atoms with Crippen LogP contribution < -0.4 is 10.2 Å². The van der Waals surface area contributed by atoms with Gasteiger partial charge in [-0.15, -0.1) is 0 Å². The van der Waals surface area contributed by atoms with Crippen LogP contribution in [0.25, 0.3) is 0 Å². The summed E-state index contributed by atoms with van der Waals surface area (Å²) in [5.74, 6) is 2.13. The van der Waals surface area contributed by atoms with Crippen molar-refractivity contribution in [2.45, 2.75) is 25.9 Å². The summed E-state index contributed by atoms with van der Waals surface area (Å²) in [6, 6.07) is 7.56. The van der Waals surface area contributed by atoms with Gasteiger partial charge in [0.25, 0.3) is 0 Å². The average Bonchev–Trinajstić information content (AvgIpc) is 3.55. The molecule has 2 aliphatic rings. The van der Waals surface area contributed by atoms with Crippen molar-refractivity contribution in [3.63, 3.8) is 0 Å². The van der Waals surface area contributed by atoms with Gasteiger partial charge in [-0.2, -0.15) is 0 Å². The maximum absolute atomic E-state index is 12.9. The van der Waals surface area contributed by atoms with Crippen molar-refractivity contribution in [1.29, 1.82) is 0 Å². The molecule has 0 spiro atoms. The van der Waals surface area contributed by atoms with E-state index in [0.29, 0.717) is 37.6 Å². The molecule has 2 N–H and O–H groups in total. The molecule has 2 heterocycles. The maximum Gasteiger partial charge on any atom is 0.209 e. The molecule has 1 aromatic carbocycles. The van der Waals surface area contributed by atoms with E-state index in [1.165, 1.54) is 31.3 Å². The average molecular weight is 401 g/mol. The summed E-state index contributed by atoms with van der Waals surface area (Å²) in [7, 11) is 0. The highest BCUT2D eigenvalue weighted by Crippen LogP contribution is 2.26. The Morgan fingerprint density at radius 3 is 2.45 bits per heavy atom. The van der Waals surface area contributed by atoms with E-state index in [4.69, 9.17) is 0 Å². The number of nitrogens with one attached hydrogen (secondary N) is 1. The number of piperazine rings is 1. The van der Waals surface area contributed by atoms with Gasteiger partial charge >= 0.3 is 0 Å². The summed E-state index contributed by atoms with van der Waals surface area (Å²) in [4.78, 5) is 23.0. The molecule has 4 rings (SSSR count). The summed E-state index contributed by atoms with van der Waals surface area (Å²) in [6.07, 6.45) is 4.53. The molecule has 1 atom stereocenters. The van der Waals surface area contributed by atoms with Crippen molar-refractivity contribution in [2.24, 2.45) is 5.92 Å². The smallest absolute Gasteiger partial charge is 0.209 e. The van der Waals surface area contributed by atoms with Crippen LogP contribution in [-0.2, 0) is 4.79 Å². The number of hydrogen-bond donors (Lipinski definition) is 2. The number of amides is 1. The van der Waals surface area contributed by atoms with Crippen molar-refractivity contribution in [3.8, 4) is 0 Å². The lowest BCUT2D eigenvalue weighted by Crippen LogP contribution is -2.46. The quantitative estimate of drug-likeness (QED) is 0.724. The van der Waals surface area contributed by atoms with Gasteiger partial charge in [0.05, 0.1) is 6.10 Å². The van der Waals surface area contributed by atoms with Crippen LogP contribution in [0, 0.1) is 11.7 Å². The van der Waals surface area contributed by atoms with Gasteiger partial charge in [0, 0.05) is 38.8 Å². The van der Waals surface area contributed by atoms with Crippen LogP contribution in [0.5, 0.6) is 0 Å². The SMILES string of the molecule is CC1CC1.O=CN1CCN(c2cc(NCC(O)c3ccc(F)cc3)ncn2)CC1. The Hall–Kier alpha value is -2.74. The molecule has 156 valence electrons. The molecular formula is C21H28FN5O2. The standard InChI is InChI=1S/C17H20FN5O2.C4H8/c18-14-3-1-13(2-4-14)15(25)10-19-16-9-17(21-11-20-16)23-7-5-22(12-24)6-8-23;1-4-2-3-4/h1-4,9,11-12,15,25H,5-8,10H2,(H,19,20,21);4H,2-3H2,1H3. The molecule has 1 aliphatic heterocycles. The zero-order chi connectivity index (χ0) is 20.6. The lowest BCUT2D eigenvalue weighted by molar-refractivity contribution is -0.118. The molecule has 8 heteroatoms. The van der Waals surface area contributed by atoms with Crippen molar-refractivity contribution < 1.29 is 14.3 Å². The fraction of sp³-hybridized carbons (Fsp3) is 0.476. The number of rotatable bonds is 6. The Kier molecular flexibility index (Phi) is 7.35. The Morgan fingerprint density at radius 1 is 1.21 bits per heavy atom. The summed E-state index contributed by atoms with van der Waals surface area (Å²) in [5, 5.41) is 13.2. The van der Waals surface area contributed by atoms with E-state index in [1.807, 2.05) is 6.07 Å². The second-order valence-corrected chi connectivity index (χ2v) is 7.52. The Labute approximate surface area is 170 Å². The number of aromatic nitrogens is 2. The first-order valence-electron chi connectivity index (χ1n) is 9.99. The molecule has 0 bridgehead atoms.